The molecular weight excluding hydrogens is 386 g/mol. The smallest absolute Gasteiger partial charge is 0.290 e. The van der Waals surface area contributed by atoms with Gasteiger partial charge in [-0.3, -0.25) is 9.59 Å². The van der Waals surface area contributed by atoms with E-state index in [2.05, 4.69) is 0 Å². The Hall–Kier alpha value is -3.32. The maximum atomic E-state index is 13.4. The van der Waals surface area contributed by atoms with Gasteiger partial charge in [-0.1, -0.05) is 17.7 Å². The maximum Gasteiger partial charge on any atom is 0.290 e. The van der Waals surface area contributed by atoms with Gasteiger partial charge in [0.25, 0.3) is 5.91 Å². The highest BCUT2D eigenvalue weighted by Crippen LogP contribution is 2.40. The molecule has 0 bridgehead atoms. The van der Waals surface area contributed by atoms with Crippen LogP contribution in [0.15, 0.2) is 45.6 Å². The first kappa shape index (κ1) is 20.0. The number of aryl methyl sites for hydroxylation is 1. The number of phenols is 1. The fourth-order valence-corrected chi connectivity index (χ4v) is 3.87. The zero-order valence-corrected chi connectivity index (χ0v) is 17.1. The Balaban J connectivity index is 1.95. The van der Waals surface area contributed by atoms with Crippen LogP contribution in [0, 0.1) is 6.92 Å². The summed E-state index contributed by atoms with van der Waals surface area (Å²) < 4.78 is 16.6. The van der Waals surface area contributed by atoms with Crippen LogP contribution in [0.25, 0.3) is 11.0 Å². The van der Waals surface area contributed by atoms with Crippen LogP contribution in [0.1, 0.15) is 40.2 Å². The Labute approximate surface area is 173 Å². The number of phenolic OH excluding ortho intramolecular Hbond substituents is 1. The van der Waals surface area contributed by atoms with Crippen LogP contribution in [0.5, 0.6) is 11.5 Å². The summed E-state index contributed by atoms with van der Waals surface area (Å²) >= 11 is 0. The molecule has 30 heavy (non-hydrogen) atoms. The number of amides is 1. The first-order valence-electron chi connectivity index (χ1n) is 9.79. The van der Waals surface area contributed by atoms with E-state index >= 15 is 0 Å². The minimum atomic E-state index is -0.663. The molecule has 3 aromatic rings. The standard InChI is InChI=1S/C23H23NO6/c1-4-29-18-12-14(6-7-16(18)25)20-19-21(26)15-11-13(2)5-8-17(15)30-22(19)23(27)24(20)9-10-28-3/h5-8,11-12,20,25H,4,9-10H2,1-3H3. The lowest BCUT2D eigenvalue weighted by Crippen LogP contribution is -2.32. The summed E-state index contributed by atoms with van der Waals surface area (Å²) in [6.07, 6.45) is 0. The molecule has 1 aliphatic rings. The van der Waals surface area contributed by atoms with Crippen LogP contribution in [-0.2, 0) is 4.74 Å². The van der Waals surface area contributed by atoms with Crippen molar-refractivity contribution >= 4 is 16.9 Å². The normalized spacial score (nSPS) is 15.6. The average molecular weight is 409 g/mol. The first-order chi connectivity index (χ1) is 14.5. The lowest BCUT2D eigenvalue weighted by atomic mass is 9.97. The Morgan fingerprint density at radius 2 is 1.97 bits per heavy atom. The number of carbonyl (C=O) groups is 1. The Morgan fingerprint density at radius 3 is 2.70 bits per heavy atom. The van der Waals surface area contributed by atoms with Gasteiger partial charge in [-0.05, 0) is 43.7 Å². The van der Waals surface area contributed by atoms with Gasteiger partial charge < -0.3 is 23.9 Å². The lowest BCUT2D eigenvalue weighted by molar-refractivity contribution is 0.0663. The highest BCUT2D eigenvalue weighted by atomic mass is 16.5. The topological polar surface area (TPSA) is 89.2 Å². The number of benzene rings is 2. The van der Waals surface area contributed by atoms with E-state index in [1.165, 1.54) is 6.07 Å². The number of hydrogen-bond donors (Lipinski definition) is 1. The summed E-state index contributed by atoms with van der Waals surface area (Å²) in [5.41, 5.74) is 2.02. The molecule has 1 unspecified atom stereocenters. The molecule has 0 saturated carbocycles. The van der Waals surface area contributed by atoms with Crippen molar-refractivity contribution in [3.05, 3.63) is 69.1 Å². The predicted molar refractivity (Wildman–Crippen MR) is 111 cm³/mol. The summed E-state index contributed by atoms with van der Waals surface area (Å²) in [5, 5.41) is 10.5. The fraction of sp³-hybridized carbons (Fsp3) is 0.304. The number of methoxy groups -OCH3 is 1. The van der Waals surface area contributed by atoms with Gasteiger partial charge in [0, 0.05) is 13.7 Å². The molecule has 0 radical (unpaired) electrons. The Bertz CT molecular complexity index is 1180. The SMILES string of the molecule is CCOc1cc(C2c3c(oc4ccc(C)cc4c3=O)C(=O)N2CCOC)ccc1O. The molecule has 0 spiro atoms. The average Bonchev–Trinajstić information content (AvgIpc) is 3.01. The summed E-state index contributed by atoms with van der Waals surface area (Å²) in [6, 6.07) is 9.50. The third kappa shape index (κ3) is 3.21. The minimum Gasteiger partial charge on any atom is -0.504 e. The monoisotopic (exact) mass is 409 g/mol. The van der Waals surface area contributed by atoms with Crippen LogP contribution >= 0.6 is 0 Å². The van der Waals surface area contributed by atoms with E-state index in [0.29, 0.717) is 41.1 Å². The third-order valence-corrected chi connectivity index (χ3v) is 5.26. The Morgan fingerprint density at radius 1 is 1.17 bits per heavy atom. The molecule has 0 saturated heterocycles. The van der Waals surface area contributed by atoms with Crippen molar-refractivity contribution < 1.29 is 23.8 Å². The van der Waals surface area contributed by atoms with Gasteiger partial charge in [0.05, 0.1) is 30.2 Å². The molecule has 156 valence electrons. The minimum absolute atomic E-state index is 0.00485. The second-order valence-corrected chi connectivity index (χ2v) is 7.23. The number of fused-ring (bicyclic) bond motifs is 2. The summed E-state index contributed by atoms with van der Waals surface area (Å²) in [4.78, 5) is 28.2. The number of hydrogen-bond acceptors (Lipinski definition) is 6. The molecule has 2 aromatic carbocycles. The summed E-state index contributed by atoms with van der Waals surface area (Å²) in [5.74, 6) is -0.0282. The molecule has 0 fully saturated rings. The van der Waals surface area contributed by atoms with Crippen LogP contribution in [0.2, 0.25) is 0 Å². The molecule has 4 rings (SSSR count). The largest absolute Gasteiger partial charge is 0.504 e. The van der Waals surface area contributed by atoms with E-state index in [0.717, 1.165) is 5.56 Å². The van der Waals surface area contributed by atoms with Crippen molar-refractivity contribution in [2.75, 3.05) is 26.9 Å². The van der Waals surface area contributed by atoms with Gasteiger partial charge in [0.15, 0.2) is 16.9 Å². The van der Waals surface area contributed by atoms with Crippen LogP contribution in [-0.4, -0.2) is 42.8 Å². The van der Waals surface area contributed by atoms with Gasteiger partial charge in [0.2, 0.25) is 5.76 Å². The quantitative estimate of drug-likeness (QED) is 0.671. The summed E-state index contributed by atoms with van der Waals surface area (Å²) in [7, 11) is 1.55. The molecule has 1 atom stereocenters. The van der Waals surface area contributed by atoms with Gasteiger partial charge in [-0.2, -0.15) is 0 Å². The van der Waals surface area contributed by atoms with E-state index in [1.807, 2.05) is 19.9 Å². The molecule has 1 amide bonds. The van der Waals surface area contributed by atoms with Crippen molar-refractivity contribution in [1.29, 1.82) is 0 Å². The zero-order valence-electron chi connectivity index (χ0n) is 17.1. The zero-order chi connectivity index (χ0) is 21.4. The van der Waals surface area contributed by atoms with E-state index in [1.54, 1.807) is 36.3 Å². The molecule has 1 N–H and O–H groups in total. The van der Waals surface area contributed by atoms with Crippen molar-refractivity contribution in [3.8, 4) is 11.5 Å². The van der Waals surface area contributed by atoms with Gasteiger partial charge >= 0.3 is 0 Å². The van der Waals surface area contributed by atoms with E-state index < -0.39 is 6.04 Å². The van der Waals surface area contributed by atoms with Gasteiger partial charge in [0.1, 0.15) is 5.58 Å². The molecule has 1 aromatic heterocycles. The number of ether oxygens (including phenoxy) is 2. The summed E-state index contributed by atoms with van der Waals surface area (Å²) in [6.45, 7) is 4.67. The first-order valence-corrected chi connectivity index (χ1v) is 9.79. The van der Waals surface area contributed by atoms with Crippen LogP contribution < -0.4 is 10.2 Å². The second kappa shape index (κ2) is 7.84. The highest BCUT2D eigenvalue weighted by molar-refractivity contribution is 5.99. The number of aromatic hydroxyl groups is 1. The van der Waals surface area contributed by atoms with Crippen molar-refractivity contribution in [3.63, 3.8) is 0 Å². The van der Waals surface area contributed by atoms with E-state index in [-0.39, 0.29) is 29.4 Å². The van der Waals surface area contributed by atoms with Crippen molar-refractivity contribution in [1.82, 2.24) is 4.90 Å². The van der Waals surface area contributed by atoms with E-state index in [4.69, 9.17) is 13.9 Å². The van der Waals surface area contributed by atoms with E-state index in [9.17, 15) is 14.7 Å². The van der Waals surface area contributed by atoms with Gasteiger partial charge in [-0.15, -0.1) is 0 Å². The van der Waals surface area contributed by atoms with Crippen LogP contribution in [0.3, 0.4) is 0 Å². The number of carbonyl (C=O) groups excluding carboxylic acids is 1. The fourth-order valence-electron chi connectivity index (χ4n) is 3.87. The third-order valence-electron chi connectivity index (χ3n) is 5.26. The molecule has 7 heteroatoms. The molecule has 0 aliphatic carbocycles. The maximum absolute atomic E-state index is 13.4. The van der Waals surface area contributed by atoms with Crippen LogP contribution in [0.4, 0.5) is 0 Å². The number of rotatable bonds is 6. The molecule has 2 heterocycles. The molecular formula is C23H23NO6. The highest BCUT2D eigenvalue weighted by Gasteiger charge is 2.42. The Kier molecular flexibility index (Phi) is 5.22. The predicted octanol–water partition coefficient (Wildman–Crippen LogP) is 3.40. The molecule has 1 aliphatic heterocycles. The van der Waals surface area contributed by atoms with Crippen molar-refractivity contribution in [2.45, 2.75) is 19.9 Å². The number of nitrogens with zero attached hydrogens (tertiary/aromatic N) is 1. The molecule has 7 nitrogen and oxygen atoms in total. The van der Waals surface area contributed by atoms with Gasteiger partial charge in [-0.25, -0.2) is 0 Å². The second-order valence-electron chi connectivity index (χ2n) is 7.23. The van der Waals surface area contributed by atoms with Crippen molar-refractivity contribution in [2.24, 2.45) is 0 Å². The lowest BCUT2D eigenvalue weighted by Gasteiger charge is -2.25.